The van der Waals surface area contributed by atoms with Crippen molar-refractivity contribution in [3.63, 3.8) is 0 Å². The number of hydrogen-bond donors (Lipinski definition) is 0. The summed E-state index contributed by atoms with van der Waals surface area (Å²) >= 11 is 9.52. The van der Waals surface area contributed by atoms with Gasteiger partial charge in [0.1, 0.15) is 11.6 Å². The summed E-state index contributed by atoms with van der Waals surface area (Å²) in [6, 6.07) is 33.6. The summed E-state index contributed by atoms with van der Waals surface area (Å²) in [6.07, 6.45) is 0. The molecule has 0 spiro atoms. The van der Waals surface area contributed by atoms with E-state index in [1.165, 1.54) is 47.8 Å². The first kappa shape index (κ1) is 33.5. The Bertz CT molecular complexity index is 1770. The van der Waals surface area contributed by atoms with E-state index in [2.05, 4.69) is 0 Å². The molecule has 0 saturated heterocycles. The summed E-state index contributed by atoms with van der Waals surface area (Å²) in [5.74, 6) is -0.440. The molecule has 230 valence electrons. The van der Waals surface area contributed by atoms with E-state index in [1.807, 2.05) is 66.7 Å². The summed E-state index contributed by atoms with van der Waals surface area (Å²) < 4.78 is 86.6. The largest absolute Gasteiger partial charge is 0.354 e. The standard InChI is InChI=1S/C31H19ClF2OS2.F6P/c32-28-18-22(31(35)21-4-2-1-3-5-21)8-16-30(28)37-25-12-6-20(7-13-25)27-19-24(34)11-17-29(27)36-26-14-9-23(33)10-15-26;1-7(2,3,4,5)6/h1-19H;/q;-1/p+1. The van der Waals surface area contributed by atoms with Crippen LogP contribution < -0.4 is 0 Å². The van der Waals surface area contributed by atoms with Crippen LogP contribution in [0.15, 0.2) is 135 Å². The quantitative estimate of drug-likeness (QED) is 0.0734. The second kappa shape index (κ2) is 12.6. The molecule has 0 saturated carbocycles. The fourth-order valence-corrected chi connectivity index (χ4v) is 5.83. The van der Waals surface area contributed by atoms with Crippen LogP contribution in [-0.2, 0) is 0 Å². The molecule has 1 nitrogen and oxygen atoms in total. The molecule has 1 N–H and O–H groups in total. The van der Waals surface area contributed by atoms with Crippen LogP contribution in [0.2, 0.25) is 5.02 Å². The van der Waals surface area contributed by atoms with E-state index in [-0.39, 0.29) is 17.4 Å². The van der Waals surface area contributed by atoms with Crippen LogP contribution >= 0.6 is 42.9 Å². The molecule has 5 rings (SSSR count). The predicted octanol–water partition coefficient (Wildman–Crippen LogP) is 12.9. The van der Waals surface area contributed by atoms with Gasteiger partial charge < -0.3 is 0 Å². The van der Waals surface area contributed by atoms with Crippen molar-refractivity contribution in [2.24, 2.45) is 0 Å². The van der Waals surface area contributed by atoms with E-state index in [0.29, 0.717) is 10.6 Å². The maximum atomic E-state index is 14.1. The summed E-state index contributed by atoms with van der Waals surface area (Å²) in [4.78, 5) is 14.2. The van der Waals surface area contributed by atoms with E-state index < -0.39 is 7.81 Å². The Kier molecular flexibility index (Phi) is 9.57. The molecular formula is C31H20ClF8OPS2. The normalized spacial score (nSPS) is 12.8. The molecule has 0 bridgehead atoms. The molecule has 0 fully saturated rings. The molecule has 0 aliphatic heterocycles. The van der Waals surface area contributed by atoms with Gasteiger partial charge in [0.2, 0.25) is 0 Å². The fourth-order valence-electron chi connectivity index (χ4n) is 3.77. The zero-order valence-corrected chi connectivity index (χ0v) is 25.4. The minimum atomic E-state index is -10.7. The molecule has 5 aromatic carbocycles. The van der Waals surface area contributed by atoms with Crippen LogP contribution in [0.25, 0.3) is 11.1 Å². The number of ketones is 1. The minimum Gasteiger partial charge on any atom is -0.273 e. The molecule has 0 amide bonds. The van der Waals surface area contributed by atoms with Crippen molar-refractivity contribution in [2.45, 2.75) is 19.6 Å². The van der Waals surface area contributed by atoms with Gasteiger partial charge in [-0.25, -0.2) is 8.78 Å². The van der Waals surface area contributed by atoms with E-state index in [4.69, 9.17) is 11.6 Å². The average molecular weight is 691 g/mol. The maximum Gasteiger partial charge on any atom is 0.354 e. The summed E-state index contributed by atoms with van der Waals surface area (Å²) in [6.45, 7) is 0. The van der Waals surface area contributed by atoms with E-state index in [1.54, 1.807) is 24.3 Å². The van der Waals surface area contributed by atoms with Gasteiger partial charge in [-0.05, 0) is 96.1 Å². The van der Waals surface area contributed by atoms with Crippen LogP contribution in [0.5, 0.6) is 0 Å². The molecule has 5 aromatic rings. The van der Waals surface area contributed by atoms with Gasteiger partial charge in [0.25, 0.3) is 0 Å². The van der Waals surface area contributed by atoms with Crippen molar-refractivity contribution in [3.05, 3.63) is 143 Å². The summed E-state index contributed by atoms with van der Waals surface area (Å²) in [7, 11) is -10.7. The second-order valence-corrected chi connectivity index (χ2v) is 13.7. The molecular weight excluding hydrogens is 671 g/mol. The fraction of sp³-hybridized carbons (Fsp3) is 0. The molecule has 0 atom stereocenters. The molecule has 0 aromatic heterocycles. The Morgan fingerprint density at radius 2 is 1.07 bits per heavy atom. The minimum absolute atomic E-state index is 0.174. The molecule has 0 aliphatic carbocycles. The molecule has 13 heteroatoms. The zero-order chi connectivity index (χ0) is 32.2. The van der Waals surface area contributed by atoms with Gasteiger partial charge in [-0.15, -0.1) is 0 Å². The van der Waals surface area contributed by atoms with E-state index in [0.717, 1.165) is 36.3 Å². The second-order valence-electron chi connectivity index (χ2n) is 9.14. The first-order chi connectivity index (χ1) is 20.4. The third-order valence-electron chi connectivity index (χ3n) is 5.63. The van der Waals surface area contributed by atoms with Crippen LogP contribution in [0.1, 0.15) is 11.1 Å². The van der Waals surface area contributed by atoms with Crippen LogP contribution in [0.3, 0.4) is 0 Å². The van der Waals surface area contributed by atoms with Crippen LogP contribution in [-0.4, -0.2) is 10.6 Å². The number of halogens is 9. The van der Waals surface area contributed by atoms with Crippen molar-refractivity contribution < 1.29 is 38.8 Å². The average Bonchev–Trinajstić information content (AvgIpc) is 2.95. The van der Waals surface area contributed by atoms with Crippen molar-refractivity contribution in [2.75, 3.05) is 0 Å². The van der Waals surface area contributed by atoms with Crippen LogP contribution in [0.4, 0.5) is 34.0 Å². The smallest absolute Gasteiger partial charge is 0.273 e. The number of carbonyl (C=O) groups excluding carboxylic acids is 1. The summed E-state index contributed by atoms with van der Waals surface area (Å²) in [5, 5.41) is 0.539. The molecule has 44 heavy (non-hydrogen) atoms. The zero-order valence-electron chi connectivity index (χ0n) is 22.1. The predicted molar refractivity (Wildman–Crippen MR) is 163 cm³/mol. The Hall–Kier alpha value is -3.37. The first-order valence-corrected chi connectivity index (χ1v) is 16.4. The number of benzene rings is 5. The van der Waals surface area contributed by atoms with E-state index >= 15 is 0 Å². The Morgan fingerprint density at radius 3 is 1.64 bits per heavy atom. The maximum absolute atomic E-state index is 14.1. The topological polar surface area (TPSA) is 21.4 Å². The first-order valence-electron chi connectivity index (χ1n) is 12.4. The Morgan fingerprint density at radius 1 is 0.568 bits per heavy atom. The van der Waals surface area contributed by atoms with Crippen molar-refractivity contribution >= 4 is 48.7 Å². The Balaban J connectivity index is 0.000000566. The third-order valence-corrected chi connectivity index (χ3v) is 8.22. The van der Waals surface area contributed by atoms with Gasteiger partial charge in [0.15, 0.2) is 0 Å². The van der Waals surface area contributed by atoms with Gasteiger partial charge in [-0.3, -0.25) is 4.79 Å². The SMILES string of the molecule is F[P-](F)(F)(F)(F)F.[OH+]=C(c1ccccc1)c1ccc(Sc2ccc(-c3cc(F)ccc3Sc3ccc(F)cc3)cc2)c(Cl)c1. The Labute approximate surface area is 260 Å². The summed E-state index contributed by atoms with van der Waals surface area (Å²) in [5.41, 5.74) is 3.01. The van der Waals surface area contributed by atoms with Gasteiger partial charge in [-0.1, -0.05) is 65.5 Å². The molecule has 0 unspecified atom stereocenters. The van der Waals surface area contributed by atoms with Crippen LogP contribution in [0, 0.1) is 11.6 Å². The van der Waals surface area contributed by atoms with Gasteiger partial charge in [0, 0.05) is 19.6 Å². The van der Waals surface area contributed by atoms with Gasteiger partial charge >= 0.3 is 38.8 Å². The van der Waals surface area contributed by atoms with Crippen molar-refractivity contribution in [1.82, 2.24) is 0 Å². The number of hydrogen-bond acceptors (Lipinski definition) is 2. The third kappa shape index (κ3) is 11.0. The van der Waals surface area contributed by atoms with E-state index in [9.17, 15) is 38.8 Å². The van der Waals surface area contributed by atoms with Crippen molar-refractivity contribution in [1.29, 1.82) is 0 Å². The molecule has 0 aliphatic rings. The van der Waals surface area contributed by atoms with Crippen molar-refractivity contribution in [3.8, 4) is 11.1 Å². The van der Waals surface area contributed by atoms with Gasteiger partial charge in [-0.2, -0.15) is 0 Å². The molecule has 0 radical (unpaired) electrons. The monoisotopic (exact) mass is 690 g/mol. The molecule has 0 heterocycles. The number of rotatable bonds is 7. The van der Waals surface area contributed by atoms with Gasteiger partial charge in [0.05, 0.1) is 16.1 Å².